The summed E-state index contributed by atoms with van der Waals surface area (Å²) in [6.07, 6.45) is 14.4. The molecule has 0 amide bonds. The zero-order chi connectivity index (χ0) is 48.3. The van der Waals surface area contributed by atoms with Gasteiger partial charge in [-0.15, -0.1) is 0 Å². The molecule has 0 bridgehead atoms. The minimum Gasteiger partial charge on any atom is -0.493 e. The van der Waals surface area contributed by atoms with Gasteiger partial charge in [-0.1, -0.05) is 114 Å². The molecule has 0 unspecified atom stereocenters. The van der Waals surface area contributed by atoms with Crippen LogP contribution in [0.1, 0.15) is 140 Å². The smallest absolute Gasteiger partial charge is 0.333 e. The summed E-state index contributed by atoms with van der Waals surface area (Å²) in [6.45, 7) is 14.9. The molecular weight excluding hydrogens is 847 g/mol. The topological polar surface area (TPSA) is 102 Å². The number of esters is 2. The number of rotatable bonds is 27. The van der Waals surface area contributed by atoms with Crippen LogP contribution < -0.4 is 4.74 Å². The highest BCUT2D eigenvalue weighted by molar-refractivity contribution is 5.87. The molecule has 1 saturated carbocycles. The molecule has 67 heavy (non-hydrogen) atoms. The zero-order valence-electron chi connectivity index (χ0n) is 40.5. The van der Waals surface area contributed by atoms with Crippen LogP contribution in [0.2, 0.25) is 0 Å². The van der Waals surface area contributed by atoms with Gasteiger partial charge >= 0.3 is 11.9 Å². The SMILES string of the molecule is C=C(C)C(=O)OCCCc1cc(-c2ccc(-c3ccc(-c4ccc(C5CCC(CCCCC)CC5)cc4F)cc3)cc2F)cc(CCCOC(=O)C(=C)C)c1OCCC(CO)(CO)CCCC. The van der Waals surface area contributed by atoms with E-state index >= 15 is 8.78 Å². The van der Waals surface area contributed by atoms with Gasteiger partial charge < -0.3 is 24.4 Å². The van der Waals surface area contributed by atoms with Gasteiger partial charge in [0.2, 0.25) is 0 Å². The first-order valence-corrected chi connectivity index (χ1v) is 24.7. The molecule has 1 aliphatic rings. The molecule has 2 N–H and O–H groups in total. The van der Waals surface area contributed by atoms with E-state index in [-0.39, 0.29) is 38.9 Å². The maximum absolute atomic E-state index is 16.5. The van der Waals surface area contributed by atoms with Gasteiger partial charge in [-0.05, 0) is 153 Å². The molecule has 0 spiro atoms. The van der Waals surface area contributed by atoms with E-state index in [2.05, 4.69) is 33.1 Å². The summed E-state index contributed by atoms with van der Waals surface area (Å²) in [6, 6.07) is 22.2. The first-order chi connectivity index (χ1) is 32.3. The Morgan fingerprint density at radius 2 is 1.16 bits per heavy atom. The van der Waals surface area contributed by atoms with Crippen LogP contribution in [0.3, 0.4) is 0 Å². The minimum absolute atomic E-state index is 0.136. The van der Waals surface area contributed by atoms with Crippen molar-refractivity contribution in [3.8, 4) is 39.1 Å². The molecule has 1 fully saturated rings. The fraction of sp³-hybridized carbons (Fsp3) is 0.483. The molecule has 0 radical (unpaired) electrons. The lowest BCUT2D eigenvalue weighted by Gasteiger charge is -2.30. The molecule has 1 aliphatic carbocycles. The molecule has 0 heterocycles. The van der Waals surface area contributed by atoms with Gasteiger partial charge in [0.05, 0.1) is 33.0 Å². The van der Waals surface area contributed by atoms with Crippen LogP contribution >= 0.6 is 0 Å². The number of benzene rings is 4. The standard InChI is InChI=1S/C58H74F2O7/c1-7-9-11-14-42-17-19-43(20-18-42)46-25-27-51(53(59)36-46)45-23-21-44(22-24-45)47-26-28-52(54(60)37-47)50-34-48(15-12-31-66-56(63)40(3)4)55(49(35-50)16-13-32-67-57(64)41(5)6)65-33-30-58(38-61,39-62)29-10-8-2/h21-28,34-37,42-43,61-62H,3,5,7-20,29-33,38-39H2,1-2,4,6H3. The molecule has 7 nitrogen and oxygen atoms in total. The predicted octanol–water partition coefficient (Wildman–Crippen LogP) is 13.9. The normalized spacial score (nSPS) is 15.0. The second-order valence-electron chi connectivity index (χ2n) is 18.9. The van der Waals surface area contributed by atoms with Crippen LogP contribution in [0.4, 0.5) is 8.78 Å². The molecule has 5 rings (SSSR count). The summed E-state index contributed by atoms with van der Waals surface area (Å²) in [5.41, 5.74) is 6.29. The molecule has 4 aromatic carbocycles. The van der Waals surface area contributed by atoms with Crippen molar-refractivity contribution >= 4 is 11.9 Å². The molecule has 362 valence electrons. The van der Waals surface area contributed by atoms with Crippen molar-refractivity contribution in [1.29, 1.82) is 0 Å². The Labute approximate surface area is 398 Å². The second kappa shape index (κ2) is 26.4. The third-order valence-corrected chi connectivity index (χ3v) is 13.5. The highest BCUT2D eigenvalue weighted by Gasteiger charge is 2.29. The predicted molar refractivity (Wildman–Crippen MR) is 266 cm³/mol. The first-order valence-electron chi connectivity index (χ1n) is 24.7. The Morgan fingerprint density at radius 3 is 1.70 bits per heavy atom. The number of hydrogen-bond donors (Lipinski definition) is 2. The molecular formula is C58H74F2O7. The number of aliphatic hydroxyl groups excluding tert-OH is 2. The Balaban J connectivity index is 1.39. The van der Waals surface area contributed by atoms with Crippen LogP contribution in [-0.4, -0.2) is 55.2 Å². The van der Waals surface area contributed by atoms with Gasteiger partial charge in [-0.25, -0.2) is 18.4 Å². The lowest BCUT2D eigenvalue weighted by atomic mass is 9.77. The molecule has 9 heteroatoms. The van der Waals surface area contributed by atoms with E-state index in [4.69, 9.17) is 14.2 Å². The molecule has 0 aromatic heterocycles. The lowest BCUT2D eigenvalue weighted by molar-refractivity contribution is -0.139. The Morgan fingerprint density at radius 1 is 0.627 bits per heavy atom. The average Bonchev–Trinajstić information content (AvgIpc) is 3.33. The van der Waals surface area contributed by atoms with E-state index in [0.717, 1.165) is 59.4 Å². The Hall–Kier alpha value is -5.12. The number of unbranched alkanes of at least 4 members (excludes halogenated alkanes) is 3. The summed E-state index contributed by atoms with van der Waals surface area (Å²) in [4.78, 5) is 24.4. The van der Waals surface area contributed by atoms with Gasteiger partial charge in [-0.3, -0.25) is 0 Å². The number of hydrogen-bond acceptors (Lipinski definition) is 7. The molecule has 0 atom stereocenters. The number of carbonyl (C=O) groups excluding carboxylic acids is 2. The number of aliphatic hydroxyl groups is 2. The van der Waals surface area contributed by atoms with E-state index in [1.807, 2.05) is 48.5 Å². The third kappa shape index (κ3) is 15.2. The Kier molecular flexibility index (Phi) is 20.8. The fourth-order valence-corrected chi connectivity index (χ4v) is 9.24. The number of halogens is 2. The zero-order valence-corrected chi connectivity index (χ0v) is 40.5. The van der Waals surface area contributed by atoms with E-state index in [1.54, 1.807) is 26.0 Å². The van der Waals surface area contributed by atoms with Crippen LogP contribution in [0, 0.1) is 23.0 Å². The minimum atomic E-state index is -0.705. The number of aryl methyl sites for hydroxylation is 2. The van der Waals surface area contributed by atoms with Crippen LogP contribution in [0.5, 0.6) is 5.75 Å². The van der Waals surface area contributed by atoms with Crippen molar-refractivity contribution in [2.24, 2.45) is 11.3 Å². The largest absolute Gasteiger partial charge is 0.493 e. The van der Waals surface area contributed by atoms with E-state index < -0.39 is 23.2 Å². The van der Waals surface area contributed by atoms with Crippen molar-refractivity contribution in [2.75, 3.05) is 33.0 Å². The van der Waals surface area contributed by atoms with Crippen molar-refractivity contribution < 1.29 is 42.8 Å². The van der Waals surface area contributed by atoms with Gasteiger partial charge in [0.15, 0.2) is 0 Å². The first kappa shape index (κ1) is 52.8. The van der Waals surface area contributed by atoms with E-state index in [1.165, 1.54) is 44.6 Å². The van der Waals surface area contributed by atoms with Gasteiger partial charge in [0, 0.05) is 27.7 Å². The van der Waals surface area contributed by atoms with Crippen molar-refractivity contribution in [3.05, 3.63) is 125 Å². The molecule has 4 aromatic rings. The quantitative estimate of drug-likeness (QED) is 0.0349. The summed E-state index contributed by atoms with van der Waals surface area (Å²) < 4.78 is 49.5. The highest BCUT2D eigenvalue weighted by atomic mass is 19.1. The summed E-state index contributed by atoms with van der Waals surface area (Å²) >= 11 is 0. The Bertz CT molecular complexity index is 2200. The monoisotopic (exact) mass is 921 g/mol. The van der Waals surface area contributed by atoms with Gasteiger partial charge in [-0.2, -0.15) is 0 Å². The molecule has 0 aliphatic heterocycles. The average molecular weight is 921 g/mol. The van der Waals surface area contributed by atoms with Crippen LogP contribution in [0.15, 0.2) is 97.1 Å². The number of carbonyl (C=O) groups is 2. The van der Waals surface area contributed by atoms with Gasteiger partial charge in [0.25, 0.3) is 0 Å². The molecule has 0 saturated heterocycles. The van der Waals surface area contributed by atoms with Crippen molar-refractivity contribution in [2.45, 2.75) is 136 Å². The third-order valence-electron chi connectivity index (χ3n) is 13.5. The number of ether oxygens (including phenoxy) is 3. The van der Waals surface area contributed by atoms with Crippen molar-refractivity contribution in [3.63, 3.8) is 0 Å². The maximum Gasteiger partial charge on any atom is 0.333 e. The van der Waals surface area contributed by atoms with Crippen LogP contribution in [-0.2, 0) is 31.9 Å². The summed E-state index contributed by atoms with van der Waals surface area (Å²) in [5, 5.41) is 20.7. The summed E-state index contributed by atoms with van der Waals surface area (Å²) in [7, 11) is 0. The van der Waals surface area contributed by atoms with Gasteiger partial charge in [0.1, 0.15) is 17.4 Å². The summed E-state index contributed by atoms with van der Waals surface area (Å²) in [5.74, 6) is 0.170. The van der Waals surface area contributed by atoms with E-state index in [0.29, 0.717) is 83.6 Å². The lowest BCUT2D eigenvalue weighted by Crippen LogP contribution is -2.32. The maximum atomic E-state index is 16.5. The van der Waals surface area contributed by atoms with Crippen molar-refractivity contribution in [1.82, 2.24) is 0 Å². The highest BCUT2D eigenvalue weighted by Crippen LogP contribution is 2.40. The second-order valence-corrected chi connectivity index (χ2v) is 18.9. The fourth-order valence-electron chi connectivity index (χ4n) is 9.24. The van der Waals surface area contributed by atoms with E-state index in [9.17, 15) is 19.8 Å². The van der Waals surface area contributed by atoms with Crippen LogP contribution in [0.25, 0.3) is 33.4 Å².